The molecule has 2 heteroatoms. The zero-order valence-electron chi connectivity index (χ0n) is 9.30. The standard InChI is InChI=1S/C14H16FN/c1-9-2-3-10-6-11(4-5-12(9)10)13-7-16-8-14(13)15/h4-6,13-14,16H,1-3,7-8H2. The van der Waals surface area contributed by atoms with Gasteiger partial charge in [-0.1, -0.05) is 24.8 Å². The molecule has 2 unspecified atom stereocenters. The number of hydrogen-bond acceptors (Lipinski definition) is 1. The van der Waals surface area contributed by atoms with Crippen LogP contribution in [0.4, 0.5) is 4.39 Å². The Kier molecular flexibility index (Phi) is 2.32. The molecule has 2 atom stereocenters. The molecule has 1 heterocycles. The van der Waals surface area contributed by atoms with Gasteiger partial charge in [0.15, 0.2) is 0 Å². The smallest absolute Gasteiger partial charge is 0.121 e. The van der Waals surface area contributed by atoms with Gasteiger partial charge in [-0.3, -0.25) is 0 Å². The van der Waals surface area contributed by atoms with E-state index in [9.17, 15) is 4.39 Å². The Morgan fingerprint density at radius 2 is 2.12 bits per heavy atom. The molecule has 1 saturated heterocycles. The summed E-state index contributed by atoms with van der Waals surface area (Å²) in [5, 5.41) is 3.10. The fraction of sp³-hybridized carbons (Fsp3) is 0.429. The molecule has 1 fully saturated rings. The SMILES string of the molecule is C=C1CCc2cc(C3CNCC3F)ccc21. The van der Waals surface area contributed by atoms with Gasteiger partial charge in [-0.05, 0) is 35.1 Å². The first-order valence-electron chi connectivity index (χ1n) is 5.91. The fourth-order valence-corrected chi connectivity index (χ4v) is 2.79. The van der Waals surface area contributed by atoms with Gasteiger partial charge < -0.3 is 5.32 Å². The molecule has 3 rings (SSSR count). The van der Waals surface area contributed by atoms with Gasteiger partial charge in [0.2, 0.25) is 0 Å². The molecule has 0 amide bonds. The first-order chi connectivity index (χ1) is 7.75. The van der Waals surface area contributed by atoms with Crippen LogP contribution in [0.3, 0.4) is 0 Å². The van der Waals surface area contributed by atoms with Gasteiger partial charge in [0.05, 0.1) is 0 Å². The van der Waals surface area contributed by atoms with E-state index in [0.717, 1.165) is 24.9 Å². The highest BCUT2D eigenvalue weighted by molar-refractivity contribution is 5.71. The number of benzene rings is 1. The lowest BCUT2D eigenvalue weighted by molar-refractivity contribution is 0.332. The Labute approximate surface area is 95.4 Å². The van der Waals surface area contributed by atoms with Gasteiger partial charge in [-0.15, -0.1) is 0 Å². The van der Waals surface area contributed by atoms with E-state index in [4.69, 9.17) is 0 Å². The number of alkyl halides is 1. The van der Waals surface area contributed by atoms with E-state index in [2.05, 4.69) is 30.1 Å². The van der Waals surface area contributed by atoms with E-state index in [1.807, 2.05) is 0 Å². The maximum atomic E-state index is 13.6. The predicted octanol–water partition coefficient (Wildman–Crippen LogP) is 2.67. The largest absolute Gasteiger partial charge is 0.313 e. The highest BCUT2D eigenvalue weighted by Gasteiger charge is 2.29. The van der Waals surface area contributed by atoms with Crippen LogP contribution in [0, 0.1) is 0 Å². The van der Waals surface area contributed by atoms with Crippen molar-refractivity contribution in [3.05, 3.63) is 41.5 Å². The average Bonchev–Trinajstić information content (AvgIpc) is 2.86. The van der Waals surface area contributed by atoms with Crippen molar-refractivity contribution in [3.63, 3.8) is 0 Å². The normalized spacial score (nSPS) is 28.4. The minimum atomic E-state index is -0.734. The topological polar surface area (TPSA) is 12.0 Å². The lowest BCUT2D eigenvalue weighted by Gasteiger charge is -2.13. The summed E-state index contributed by atoms with van der Waals surface area (Å²) in [6.07, 6.45) is 1.39. The first kappa shape index (κ1) is 10.0. The van der Waals surface area contributed by atoms with Gasteiger partial charge in [-0.25, -0.2) is 4.39 Å². The van der Waals surface area contributed by atoms with E-state index in [1.165, 1.54) is 16.7 Å². The molecule has 0 radical (unpaired) electrons. The lowest BCUT2D eigenvalue weighted by atomic mass is 9.94. The van der Waals surface area contributed by atoms with Crippen molar-refractivity contribution in [1.29, 1.82) is 0 Å². The van der Waals surface area contributed by atoms with E-state index in [0.29, 0.717) is 6.54 Å². The fourth-order valence-electron chi connectivity index (χ4n) is 2.79. The van der Waals surface area contributed by atoms with E-state index in [1.54, 1.807) is 0 Å². The summed E-state index contributed by atoms with van der Waals surface area (Å²) < 4.78 is 13.6. The molecule has 0 aromatic heterocycles. The van der Waals surface area contributed by atoms with Crippen molar-refractivity contribution < 1.29 is 4.39 Å². The second kappa shape index (κ2) is 3.70. The number of allylic oxidation sites excluding steroid dienone is 1. The van der Waals surface area contributed by atoms with Crippen molar-refractivity contribution in [3.8, 4) is 0 Å². The summed E-state index contributed by atoms with van der Waals surface area (Å²) in [5.41, 5.74) is 5.00. The van der Waals surface area contributed by atoms with Gasteiger partial charge in [0.1, 0.15) is 6.17 Å². The highest BCUT2D eigenvalue weighted by atomic mass is 19.1. The van der Waals surface area contributed by atoms with Crippen LogP contribution in [0.15, 0.2) is 24.8 Å². The summed E-state index contributed by atoms with van der Waals surface area (Å²) in [6.45, 7) is 5.31. The van der Waals surface area contributed by atoms with Crippen LogP contribution in [0.1, 0.15) is 29.0 Å². The Morgan fingerprint density at radius 3 is 2.88 bits per heavy atom. The second-order valence-electron chi connectivity index (χ2n) is 4.80. The molecule has 0 spiro atoms. The predicted molar refractivity (Wildman–Crippen MR) is 64.3 cm³/mol. The molecule has 16 heavy (non-hydrogen) atoms. The Bertz CT molecular complexity index is 438. The Balaban J connectivity index is 1.95. The lowest BCUT2D eigenvalue weighted by Crippen LogP contribution is -2.11. The summed E-state index contributed by atoms with van der Waals surface area (Å²) >= 11 is 0. The number of nitrogens with one attached hydrogen (secondary N) is 1. The van der Waals surface area contributed by atoms with E-state index in [-0.39, 0.29) is 5.92 Å². The van der Waals surface area contributed by atoms with Gasteiger partial charge in [0.25, 0.3) is 0 Å². The number of hydrogen-bond donors (Lipinski definition) is 1. The molecule has 1 aromatic rings. The number of halogens is 1. The van der Waals surface area contributed by atoms with Crippen LogP contribution in [0.25, 0.3) is 5.57 Å². The number of fused-ring (bicyclic) bond motifs is 1. The molecule has 1 nitrogen and oxygen atoms in total. The van der Waals surface area contributed by atoms with Crippen LogP contribution >= 0.6 is 0 Å². The zero-order valence-corrected chi connectivity index (χ0v) is 9.30. The molecule has 1 aromatic carbocycles. The number of aryl methyl sites for hydroxylation is 1. The molecule has 1 N–H and O–H groups in total. The Hall–Kier alpha value is -1.15. The van der Waals surface area contributed by atoms with Gasteiger partial charge in [0, 0.05) is 19.0 Å². The summed E-state index contributed by atoms with van der Waals surface area (Å²) in [7, 11) is 0. The molecule has 84 valence electrons. The monoisotopic (exact) mass is 217 g/mol. The van der Waals surface area contributed by atoms with Crippen molar-refractivity contribution in [2.45, 2.75) is 24.9 Å². The number of rotatable bonds is 1. The summed E-state index contributed by atoms with van der Waals surface area (Å²) in [5.74, 6) is 0.0409. The summed E-state index contributed by atoms with van der Waals surface area (Å²) in [4.78, 5) is 0. The minimum Gasteiger partial charge on any atom is -0.313 e. The maximum Gasteiger partial charge on any atom is 0.121 e. The third kappa shape index (κ3) is 1.49. The van der Waals surface area contributed by atoms with Crippen molar-refractivity contribution in [2.75, 3.05) is 13.1 Å². The zero-order chi connectivity index (χ0) is 11.1. The van der Waals surface area contributed by atoms with E-state index >= 15 is 0 Å². The average molecular weight is 217 g/mol. The quantitative estimate of drug-likeness (QED) is 0.762. The van der Waals surface area contributed by atoms with Gasteiger partial charge >= 0.3 is 0 Å². The molecular weight excluding hydrogens is 201 g/mol. The highest BCUT2D eigenvalue weighted by Crippen LogP contribution is 2.34. The van der Waals surface area contributed by atoms with Crippen LogP contribution in [0.2, 0.25) is 0 Å². The third-order valence-corrected chi connectivity index (χ3v) is 3.77. The molecular formula is C14H16FN. The van der Waals surface area contributed by atoms with Gasteiger partial charge in [-0.2, -0.15) is 0 Å². The van der Waals surface area contributed by atoms with Crippen molar-refractivity contribution in [2.24, 2.45) is 0 Å². The van der Waals surface area contributed by atoms with E-state index < -0.39 is 6.17 Å². The molecule has 0 bridgehead atoms. The molecule has 2 aliphatic rings. The third-order valence-electron chi connectivity index (χ3n) is 3.77. The summed E-state index contributed by atoms with van der Waals surface area (Å²) in [6, 6.07) is 6.36. The first-order valence-corrected chi connectivity index (χ1v) is 5.91. The van der Waals surface area contributed by atoms with Crippen LogP contribution in [-0.2, 0) is 6.42 Å². The van der Waals surface area contributed by atoms with Crippen molar-refractivity contribution >= 4 is 5.57 Å². The molecule has 0 saturated carbocycles. The van der Waals surface area contributed by atoms with Crippen LogP contribution < -0.4 is 5.32 Å². The second-order valence-corrected chi connectivity index (χ2v) is 4.80. The van der Waals surface area contributed by atoms with Crippen LogP contribution in [-0.4, -0.2) is 19.3 Å². The Morgan fingerprint density at radius 1 is 1.25 bits per heavy atom. The molecule has 1 aliphatic carbocycles. The molecule has 1 aliphatic heterocycles. The van der Waals surface area contributed by atoms with Crippen LogP contribution in [0.5, 0.6) is 0 Å². The van der Waals surface area contributed by atoms with Crippen molar-refractivity contribution in [1.82, 2.24) is 5.32 Å². The minimum absolute atomic E-state index is 0.0409. The maximum absolute atomic E-state index is 13.6.